The van der Waals surface area contributed by atoms with Gasteiger partial charge in [-0.2, -0.15) is 0 Å². The van der Waals surface area contributed by atoms with Gasteiger partial charge in [-0.05, 0) is 55.3 Å². The molecule has 0 aromatic heterocycles. The van der Waals surface area contributed by atoms with E-state index in [1.54, 1.807) is 24.3 Å². The average Bonchev–Trinajstić information content (AvgIpc) is 2.87. The normalized spacial score (nSPS) is 14.4. The lowest BCUT2D eigenvalue weighted by Crippen LogP contribution is -2.45. The fraction of sp³-hybridized carbons (Fsp3) is 0.310. The summed E-state index contributed by atoms with van der Waals surface area (Å²) in [5.74, 6) is -0.217. The average molecular weight is 486 g/mol. The Labute approximate surface area is 213 Å². The van der Waals surface area contributed by atoms with Crippen LogP contribution in [0.5, 0.6) is 0 Å². The molecule has 1 aliphatic heterocycles. The summed E-state index contributed by atoms with van der Waals surface area (Å²) < 4.78 is 0. The van der Waals surface area contributed by atoms with Crippen molar-refractivity contribution >= 4 is 23.3 Å². The third-order valence-electron chi connectivity index (χ3n) is 6.13. The lowest BCUT2D eigenvalue weighted by atomic mass is 10.1. The molecule has 7 nitrogen and oxygen atoms in total. The highest BCUT2D eigenvalue weighted by Crippen LogP contribution is 2.17. The number of anilines is 2. The Kier molecular flexibility index (Phi) is 8.71. The molecule has 1 saturated heterocycles. The minimum atomic E-state index is -0.296. The predicted octanol–water partition coefficient (Wildman–Crippen LogP) is 4.79. The number of urea groups is 1. The van der Waals surface area contributed by atoms with Gasteiger partial charge in [0.25, 0.3) is 5.91 Å². The molecular weight excluding hydrogens is 450 g/mol. The van der Waals surface area contributed by atoms with E-state index in [4.69, 9.17) is 0 Å². The number of nitrogens with one attached hydrogen (secondary N) is 3. The molecule has 0 spiro atoms. The van der Waals surface area contributed by atoms with Crippen LogP contribution < -0.4 is 16.0 Å². The van der Waals surface area contributed by atoms with Crippen molar-refractivity contribution in [2.45, 2.75) is 33.0 Å². The maximum atomic E-state index is 12.7. The number of hydrogen-bond acceptors (Lipinski definition) is 4. The molecule has 0 radical (unpaired) electrons. The first-order valence-corrected chi connectivity index (χ1v) is 12.5. The van der Waals surface area contributed by atoms with Crippen molar-refractivity contribution in [3.63, 3.8) is 0 Å². The van der Waals surface area contributed by atoms with E-state index in [1.165, 1.54) is 11.1 Å². The third kappa shape index (κ3) is 7.66. The number of nitrogens with zero attached hydrogens (tertiary/aromatic N) is 2. The van der Waals surface area contributed by atoms with E-state index in [-0.39, 0.29) is 18.0 Å². The van der Waals surface area contributed by atoms with Crippen LogP contribution in [0, 0.1) is 0 Å². The van der Waals surface area contributed by atoms with Crippen LogP contribution in [-0.4, -0.2) is 54.0 Å². The molecule has 36 heavy (non-hydrogen) atoms. The van der Waals surface area contributed by atoms with Crippen molar-refractivity contribution in [3.05, 3.63) is 95.6 Å². The van der Waals surface area contributed by atoms with Gasteiger partial charge in [-0.3, -0.25) is 14.6 Å². The van der Waals surface area contributed by atoms with Crippen LogP contribution in [0.4, 0.5) is 16.2 Å². The Balaban J connectivity index is 1.25. The Morgan fingerprint density at radius 2 is 1.33 bits per heavy atom. The second-order valence-electron chi connectivity index (χ2n) is 9.52. The van der Waals surface area contributed by atoms with Gasteiger partial charge in [0.1, 0.15) is 0 Å². The second kappa shape index (κ2) is 12.3. The monoisotopic (exact) mass is 485 g/mol. The predicted molar refractivity (Wildman–Crippen MR) is 145 cm³/mol. The molecule has 1 fully saturated rings. The van der Waals surface area contributed by atoms with Crippen molar-refractivity contribution in [3.8, 4) is 0 Å². The quantitative estimate of drug-likeness (QED) is 0.429. The van der Waals surface area contributed by atoms with Crippen LogP contribution in [0.1, 0.15) is 35.3 Å². The van der Waals surface area contributed by atoms with Crippen molar-refractivity contribution < 1.29 is 9.59 Å². The lowest BCUT2D eigenvalue weighted by Gasteiger charge is -2.34. The van der Waals surface area contributed by atoms with Gasteiger partial charge >= 0.3 is 6.03 Å². The molecule has 1 aliphatic rings. The highest BCUT2D eigenvalue weighted by Gasteiger charge is 2.17. The van der Waals surface area contributed by atoms with Crippen LogP contribution in [0.3, 0.4) is 0 Å². The fourth-order valence-electron chi connectivity index (χ4n) is 4.27. The van der Waals surface area contributed by atoms with Crippen LogP contribution in [-0.2, 0) is 13.1 Å². The fourth-order valence-corrected chi connectivity index (χ4v) is 4.27. The van der Waals surface area contributed by atoms with Gasteiger partial charge in [0.2, 0.25) is 0 Å². The maximum Gasteiger partial charge on any atom is 0.319 e. The van der Waals surface area contributed by atoms with Crippen LogP contribution >= 0.6 is 0 Å². The van der Waals surface area contributed by atoms with Crippen LogP contribution in [0.15, 0.2) is 78.9 Å². The molecule has 3 N–H and O–H groups in total. The summed E-state index contributed by atoms with van der Waals surface area (Å²) in [6.45, 7) is 9.92. The minimum absolute atomic E-state index is 0.0312. The number of rotatable bonds is 8. The third-order valence-corrected chi connectivity index (χ3v) is 6.13. The number of piperazine rings is 1. The molecule has 3 aromatic rings. The molecule has 1 heterocycles. The van der Waals surface area contributed by atoms with Crippen LogP contribution in [0.25, 0.3) is 0 Å². The molecule has 0 saturated carbocycles. The Morgan fingerprint density at radius 3 is 1.94 bits per heavy atom. The van der Waals surface area contributed by atoms with Gasteiger partial charge < -0.3 is 16.0 Å². The minimum Gasteiger partial charge on any atom is -0.336 e. The number of carbonyl (C=O) groups is 2. The number of amides is 3. The Bertz CT molecular complexity index is 1140. The summed E-state index contributed by atoms with van der Waals surface area (Å²) in [6.07, 6.45) is 0. The van der Waals surface area contributed by atoms with Gasteiger partial charge in [0.15, 0.2) is 0 Å². The molecule has 0 bridgehead atoms. The highest BCUT2D eigenvalue weighted by atomic mass is 16.2. The summed E-state index contributed by atoms with van der Waals surface area (Å²) in [5.41, 5.74) is 4.39. The van der Waals surface area contributed by atoms with Crippen molar-refractivity contribution in [1.82, 2.24) is 15.1 Å². The zero-order chi connectivity index (χ0) is 25.3. The summed E-state index contributed by atoms with van der Waals surface area (Å²) in [7, 11) is 0. The largest absolute Gasteiger partial charge is 0.336 e. The SMILES string of the molecule is CC(C)NC(=O)Nc1cccc(C(=O)Nc2ccc(CN3CCN(Cc4ccccc4)CC3)cc2)c1. The molecular formula is C29H35N5O2. The number of benzene rings is 3. The maximum absolute atomic E-state index is 12.7. The molecule has 0 atom stereocenters. The van der Waals surface area contributed by atoms with Crippen LogP contribution in [0.2, 0.25) is 0 Å². The molecule has 3 amide bonds. The molecule has 7 heteroatoms. The first-order chi connectivity index (χ1) is 17.4. The molecule has 188 valence electrons. The second-order valence-corrected chi connectivity index (χ2v) is 9.52. The van der Waals surface area contributed by atoms with Gasteiger partial charge in [-0.15, -0.1) is 0 Å². The summed E-state index contributed by atoms with van der Waals surface area (Å²) in [4.78, 5) is 29.7. The van der Waals surface area contributed by atoms with Gasteiger partial charge in [0, 0.05) is 62.2 Å². The van der Waals surface area contributed by atoms with E-state index in [1.807, 2.05) is 26.0 Å². The number of carbonyl (C=O) groups excluding carboxylic acids is 2. The van der Waals surface area contributed by atoms with E-state index in [2.05, 4.69) is 68.2 Å². The summed E-state index contributed by atoms with van der Waals surface area (Å²) >= 11 is 0. The van der Waals surface area contributed by atoms with E-state index in [0.717, 1.165) is 45.0 Å². The topological polar surface area (TPSA) is 76.7 Å². The van der Waals surface area contributed by atoms with Gasteiger partial charge in [-0.1, -0.05) is 48.5 Å². The van der Waals surface area contributed by atoms with Crippen molar-refractivity contribution in [1.29, 1.82) is 0 Å². The zero-order valence-electron chi connectivity index (χ0n) is 21.0. The van der Waals surface area contributed by atoms with Crippen molar-refractivity contribution in [2.24, 2.45) is 0 Å². The summed E-state index contributed by atoms with van der Waals surface area (Å²) in [5, 5.41) is 8.47. The van der Waals surface area contributed by atoms with Crippen molar-refractivity contribution in [2.75, 3.05) is 36.8 Å². The lowest BCUT2D eigenvalue weighted by molar-refractivity contribution is 0.102. The first kappa shape index (κ1) is 25.4. The van der Waals surface area contributed by atoms with Gasteiger partial charge in [-0.25, -0.2) is 4.79 Å². The van der Waals surface area contributed by atoms with E-state index >= 15 is 0 Å². The van der Waals surface area contributed by atoms with E-state index in [0.29, 0.717) is 11.3 Å². The molecule has 4 rings (SSSR count). The molecule has 3 aromatic carbocycles. The highest BCUT2D eigenvalue weighted by molar-refractivity contribution is 6.05. The van der Waals surface area contributed by atoms with E-state index < -0.39 is 0 Å². The molecule has 0 aliphatic carbocycles. The Morgan fingerprint density at radius 1 is 0.722 bits per heavy atom. The zero-order valence-corrected chi connectivity index (χ0v) is 21.0. The molecule has 0 unspecified atom stereocenters. The first-order valence-electron chi connectivity index (χ1n) is 12.5. The standard InChI is InChI=1S/C29H35N5O2/c1-22(2)30-29(36)32-27-10-6-9-25(19-27)28(35)31-26-13-11-24(12-14-26)21-34-17-15-33(16-18-34)20-23-7-4-3-5-8-23/h3-14,19,22H,15-18,20-21H2,1-2H3,(H,31,35)(H2,30,32,36). The van der Waals surface area contributed by atoms with Gasteiger partial charge in [0.05, 0.1) is 0 Å². The van der Waals surface area contributed by atoms with E-state index in [9.17, 15) is 9.59 Å². The number of hydrogen-bond donors (Lipinski definition) is 3. The Hall–Kier alpha value is -3.68. The summed E-state index contributed by atoms with van der Waals surface area (Å²) in [6, 6.07) is 25.3. The smallest absolute Gasteiger partial charge is 0.319 e.